The first kappa shape index (κ1) is 23.1. The van der Waals surface area contributed by atoms with Crippen LogP contribution >= 0.6 is 0 Å². The number of nitrogens with zero attached hydrogens (tertiary/aromatic N) is 2. The molecule has 1 atom stereocenters. The van der Waals surface area contributed by atoms with E-state index in [4.69, 9.17) is 9.47 Å². The van der Waals surface area contributed by atoms with E-state index in [0.717, 1.165) is 37.0 Å². The predicted octanol–water partition coefficient (Wildman–Crippen LogP) is 6.79. The normalized spacial score (nSPS) is 12.0. The molecule has 0 aliphatic heterocycles. The molecule has 0 aliphatic rings. The molecule has 2 rings (SSSR count). The van der Waals surface area contributed by atoms with Gasteiger partial charge in [0.25, 0.3) is 0 Å². The second-order valence-electron chi connectivity index (χ2n) is 7.38. The summed E-state index contributed by atoms with van der Waals surface area (Å²) in [6.45, 7) is 5.45. The lowest BCUT2D eigenvalue weighted by Gasteiger charge is -2.08. The van der Waals surface area contributed by atoms with E-state index < -0.39 is 6.17 Å². The van der Waals surface area contributed by atoms with Crippen molar-refractivity contribution >= 4 is 0 Å². The van der Waals surface area contributed by atoms with Crippen molar-refractivity contribution in [1.29, 1.82) is 0 Å². The van der Waals surface area contributed by atoms with Crippen LogP contribution in [-0.4, -0.2) is 29.4 Å². The van der Waals surface area contributed by atoms with Crippen LogP contribution in [0.25, 0.3) is 11.4 Å². The molecule has 0 aliphatic carbocycles. The second-order valence-corrected chi connectivity index (χ2v) is 7.38. The number of hydrogen-bond donors (Lipinski definition) is 0. The van der Waals surface area contributed by atoms with Gasteiger partial charge in [-0.05, 0) is 56.4 Å². The Morgan fingerprint density at radius 3 is 2.03 bits per heavy atom. The zero-order chi connectivity index (χ0) is 20.7. The van der Waals surface area contributed by atoms with E-state index in [0.29, 0.717) is 37.6 Å². The zero-order valence-corrected chi connectivity index (χ0v) is 17.9. The summed E-state index contributed by atoms with van der Waals surface area (Å²) < 4.78 is 24.6. The van der Waals surface area contributed by atoms with E-state index in [-0.39, 0.29) is 0 Å². The summed E-state index contributed by atoms with van der Waals surface area (Å²) in [7, 11) is 0. The lowest BCUT2D eigenvalue weighted by atomic mass is 10.1. The Balaban J connectivity index is 1.69. The minimum absolute atomic E-state index is 0.612. The van der Waals surface area contributed by atoms with Gasteiger partial charge in [0.2, 0.25) is 0 Å². The summed E-state index contributed by atoms with van der Waals surface area (Å²) in [6, 6.07) is 7.80. The molecule has 0 saturated heterocycles. The number of ether oxygens (including phenoxy) is 2. The Bertz CT molecular complexity index is 662. The summed E-state index contributed by atoms with van der Waals surface area (Å²) in [5.41, 5.74) is 0.945. The minimum Gasteiger partial charge on any atom is -0.494 e. The molecule has 0 amide bonds. The second kappa shape index (κ2) is 13.9. The first-order valence-electron chi connectivity index (χ1n) is 11.0. The van der Waals surface area contributed by atoms with Crippen LogP contribution in [0, 0.1) is 0 Å². The van der Waals surface area contributed by atoms with E-state index in [2.05, 4.69) is 16.9 Å². The fourth-order valence-corrected chi connectivity index (χ4v) is 3.00. The Labute approximate surface area is 174 Å². The van der Waals surface area contributed by atoms with Crippen molar-refractivity contribution in [2.45, 2.75) is 77.8 Å². The van der Waals surface area contributed by atoms with Gasteiger partial charge in [-0.1, -0.05) is 39.5 Å². The number of hydrogen-bond acceptors (Lipinski definition) is 4. The molecule has 0 radical (unpaired) electrons. The topological polar surface area (TPSA) is 44.2 Å². The highest BCUT2D eigenvalue weighted by molar-refractivity contribution is 5.56. The standard InChI is InChI=1S/C24H35FN2O2/c1-3-5-6-9-17-29-23-18-26-24(27-19-23)20-12-14-22(15-13-20)28-16-10-7-8-11-21(25)4-2/h12-15,18-19,21H,3-11,16-17H2,1-2H3. The summed E-state index contributed by atoms with van der Waals surface area (Å²) in [6.07, 6.45) is 11.7. The van der Waals surface area contributed by atoms with Crippen molar-refractivity contribution in [2.75, 3.05) is 13.2 Å². The van der Waals surface area contributed by atoms with Gasteiger partial charge in [-0.3, -0.25) is 0 Å². The van der Waals surface area contributed by atoms with Gasteiger partial charge in [0, 0.05) is 5.56 Å². The van der Waals surface area contributed by atoms with Gasteiger partial charge in [-0.25, -0.2) is 14.4 Å². The summed E-state index contributed by atoms with van der Waals surface area (Å²) in [5, 5.41) is 0. The molecule has 0 fully saturated rings. The number of aromatic nitrogens is 2. The lowest BCUT2D eigenvalue weighted by Crippen LogP contribution is -2.00. The fourth-order valence-electron chi connectivity index (χ4n) is 3.00. The Morgan fingerprint density at radius 1 is 0.793 bits per heavy atom. The van der Waals surface area contributed by atoms with E-state index in [1.807, 2.05) is 31.2 Å². The molecular formula is C24H35FN2O2. The number of unbranched alkanes of at least 4 members (excludes halogenated alkanes) is 5. The number of alkyl halides is 1. The van der Waals surface area contributed by atoms with Crippen molar-refractivity contribution in [3.8, 4) is 22.9 Å². The van der Waals surface area contributed by atoms with Crippen molar-refractivity contribution in [3.05, 3.63) is 36.7 Å². The number of benzene rings is 1. The summed E-state index contributed by atoms with van der Waals surface area (Å²) >= 11 is 0. The molecule has 160 valence electrons. The molecule has 1 unspecified atom stereocenters. The highest BCUT2D eigenvalue weighted by Crippen LogP contribution is 2.21. The van der Waals surface area contributed by atoms with Crippen molar-refractivity contribution in [1.82, 2.24) is 9.97 Å². The first-order valence-corrected chi connectivity index (χ1v) is 11.0. The first-order chi connectivity index (χ1) is 14.2. The Morgan fingerprint density at radius 2 is 1.41 bits per heavy atom. The molecule has 1 heterocycles. The average Bonchev–Trinajstić information content (AvgIpc) is 2.76. The molecule has 4 nitrogen and oxygen atoms in total. The summed E-state index contributed by atoms with van der Waals surface area (Å²) in [4.78, 5) is 8.81. The molecule has 0 N–H and O–H groups in total. The molecule has 0 bridgehead atoms. The smallest absolute Gasteiger partial charge is 0.159 e. The van der Waals surface area contributed by atoms with Crippen molar-refractivity contribution in [3.63, 3.8) is 0 Å². The SMILES string of the molecule is CCCCCCOc1cnc(-c2ccc(OCCCCCC(F)CC)cc2)nc1. The van der Waals surface area contributed by atoms with Crippen LogP contribution in [0.4, 0.5) is 4.39 Å². The molecule has 0 spiro atoms. The molecule has 0 saturated carbocycles. The maximum Gasteiger partial charge on any atom is 0.159 e. The van der Waals surface area contributed by atoms with Crippen LogP contribution in [0.3, 0.4) is 0 Å². The maximum atomic E-state index is 13.2. The van der Waals surface area contributed by atoms with Gasteiger partial charge in [-0.2, -0.15) is 0 Å². The van der Waals surface area contributed by atoms with Gasteiger partial charge in [0.1, 0.15) is 5.75 Å². The highest BCUT2D eigenvalue weighted by Gasteiger charge is 2.04. The van der Waals surface area contributed by atoms with E-state index in [1.165, 1.54) is 19.3 Å². The molecule has 29 heavy (non-hydrogen) atoms. The molecule has 1 aromatic carbocycles. The maximum absolute atomic E-state index is 13.2. The van der Waals surface area contributed by atoms with E-state index in [9.17, 15) is 4.39 Å². The van der Waals surface area contributed by atoms with Crippen LogP contribution in [0.2, 0.25) is 0 Å². The van der Waals surface area contributed by atoms with Gasteiger partial charge >= 0.3 is 0 Å². The summed E-state index contributed by atoms with van der Waals surface area (Å²) in [5.74, 6) is 2.22. The van der Waals surface area contributed by atoms with Crippen LogP contribution in [0.1, 0.15) is 71.6 Å². The molecular weight excluding hydrogens is 367 g/mol. The third-order valence-corrected chi connectivity index (χ3v) is 4.88. The van der Waals surface area contributed by atoms with E-state index in [1.54, 1.807) is 12.4 Å². The highest BCUT2D eigenvalue weighted by atomic mass is 19.1. The fraction of sp³-hybridized carbons (Fsp3) is 0.583. The average molecular weight is 403 g/mol. The van der Waals surface area contributed by atoms with Gasteiger partial charge < -0.3 is 9.47 Å². The van der Waals surface area contributed by atoms with Crippen LogP contribution in [0.5, 0.6) is 11.5 Å². The van der Waals surface area contributed by atoms with Crippen molar-refractivity contribution < 1.29 is 13.9 Å². The van der Waals surface area contributed by atoms with Crippen LogP contribution in [-0.2, 0) is 0 Å². The number of rotatable bonds is 15. The van der Waals surface area contributed by atoms with Crippen LogP contribution < -0.4 is 9.47 Å². The van der Waals surface area contributed by atoms with E-state index >= 15 is 0 Å². The van der Waals surface area contributed by atoms with Gasteiger partial charge in [-0.15, -0.1) is 0 Å². The molecule has 2 aromatic rings. The predicted molar refractivity (Wildman–Crippen MR) is 116 cm³/mol. The third kappa shape index (κ3) is 9.25. The van der Waals surface area contributed by atoms with Gasteiger partial charge in [0.05, 0.1) is 31.8 Å². The quantitative estimate of drug-likeness (QED) is 0.308. The Kier molecular flexibility index (Phi) is 11.1. The zero-order valence-electron chi connectivity index (χ0n) is 17.9. The monoisotopic (exact) mass is 402 g/mol. The minimum atomic E-state index is -0.655. The largest absolute Gasteiger partial charge is 0.494 e. The third-order valence-electron chi connectivity index (χ3n) is 4.88. The number of halogens is 1. The van der Waals surface area contributed by atoms with Crippen molar-refractivity contribution in [2.24, 2.45) is 0 Å². The lowest BCUT2D eigenvalue weighted by molar-refractivity contribution is 0.280. The Hall–Kier alpha value is -2.17. The molecule has 1 aromatic heterocycles. The van der Waals surface area contributed by atoms with Crippen LogP contribution in [0.15, 0.2) is 36.7 Å². The molecule has 5 heteroatoms. The van der Waals surface area contributed by atoms with Gasteiger partial charge in [0.15, 0.2) is 11.6 Å².